The van der Waals surface area contributed by atoms with Gasteiger partial charge in [0.2, 0.25) is 0 Å². The number of ether oxygens (including phenoxy) is 3. The summed E-state index contributed by atoms with van der Waals surface area (Å²) in [5, 5.41) is 0. The Morgan fingerprint density at radius 3 is 0.826 bits per heavy atom. The molecule has 0 N–H and O–H groups in total. The Morgan fingerprint density at radius 1 is 0.304 bits per heavy atom. The zero-order valence-electron chi connectivity index (χ0n) is 47.5. The lowest BCUT2D eigenvalue weighted by Gasteiger charge is -2.18. The molecule has 0 saturated carbocycles. The summed E-state index contributed by atoms with van der Waals surface area (Å²) in [4.78, 5) is 38.3. The summed E-state index contributed by atoms with van der Waals surface area (Å²) >= 11 is 0. The highest BCUT2D eigenvalue weighted by molar-refractivity contribution is 5.71. The van der Waals surface area contributed by atoms with E-state index in [4.69, 9.17) is 14.2 Å². The van der Waals surface area contributed by atoms with Gasteiger partial charge in [-0.2, -0.15) is 0 Å². The molecule has 1 unspecified atom stereocenters. The molecule has 0 radical (unpaired) electrons. The first-order chi connectivity index (χ1) is 33.8. The Bertz CT molecular complexity index is 1060. The fraction of sp³-hybridized carbons (Fsp3) is 0.952. The minimum absolute atomic E-state index is 0.0622. The summed E-state index contributed by atoms with van der Waals surface area (Å²) in [6, 6.07) is 0. The molecule has 0 aromatic heterocycles. The standard InChI is InChI=1S/C63H122O6/c1-6-8-9-10-11-12-13-14-15-16-17-21-24-27-33-38-43-48-53-61(64)67-56-60(57-68-62(65)54-49-44-39-34-30-29-32-37-42-47-52-59(5)7-2)69-63(66)55-50-45-40-35-28-25-22-19-18-20-23-26-31-36-41-46-51-58(3)4/h58-60H,6-57H2,1-5H3/t59?,60-/m1/s1. The maximum Gasteiger partial charge on any atom is 0.306 e. The van der Waals surface area contributed by atoms with Crippen LogP contribution in [-0.4, -0.2) is 37.2 Å². The molecule has 0 aromatic rings. The second kappa shape index (κ2) is 55.7. The van der Waals surface area contributed by atoms with E-state index < -0.39 is 6.10 Å². The van der Waals surface area contributed by atoms with Gasteiger partial charge in [-0.15, -0.1) is 0 Å². The van der Waals surface area contributed by atoms with Crippen LogP contribution in [0.4, 0.5) is 0 Å². The van der Waals surface area contributed by atoms with Gasteiger partial charge < -0.3 is 14.2 Å². The fourth-order valence-corrected chi connectivity index (χ4v) is 9.73. The number of rotatable bonds is 57. The third-order valence-electron chi connectivity index (χ3n) is 14.8. The van der Waals surface area contributed by atoms with E-state index in [0.717, 1.165) is 69.6 Å². The van der Waals surface area contributed by atoms with Gasteiger partial charge >= 0.3 is 17.9 Å². The highest BCUT2D eigenvalue weighted by atomic mass is 16.6. The molecule has 6 nitrogen and oxygen atoms in total. The van der Waals surface area contributed by atoms with Crippen molar-refractivity contribution in [3.63, 3.8) is 0 Å². The Kier molecular flexibility index (Phi) is 54.4. The Balaban J connectivity index is 4.29. The molecular weight excluding hydrogens is 853 g/mol. The molecule has 0 rings (SSSR count). The van der Waals surface area contributed by atoms with Crippen LogP contribution in [0.1, 0.15) is 356 Å². The first-order valence-electron chi connectivity index (χ1n) is 31.3. The highest BCUT2D eigenvalue weighted by Gasteiger charge is 2.19. The van der Waals surface area contributed by atoms with Crippen LogP contribution in [0.25, 0.3) is 0 Å². The maximum absolute atomic E-state index is 12.9. The van der Waals surface area contributed by atoms with Crippen LogP contribution in [0.3, 0.4) is 0 Å². The van der Waals surface area contributed by atoms with Gasteiger partial charge in [0.15, 0.2) is 6.10 Å². The van der Waals surface area contributed by atoms with Crippen molar-refractivity contribution in [2.75, 3.05) is 13.2 Å². The van der Waals surface area contributed by atoms with Crippen molar-refractivity contribution in [1.29, 1.82) is 0 Å². The van der Waals surface area contributed by atoms with Crippen LogP contribution < -0.4 is 0 Å². The molecule has 0 spiro atoms. The Hall–Kier alpha value is -1.59. The van der Waals surface area contributed by atoms with Crippen molar-refractivity contribution in [1.82, 2.24) is 0 Å². The van der Waals surface area contributed by atoms with Crippen molar-refractivity contribution in [2.45, 2.75) is 362 Å². The monoisotopic (exact) mass is 975 g/mol. The second-order valence-electron chi connectivity index (χ2n) is 22.4. The first kappa shape index (κ1) is 67.4. The molecule has 410 valence electrons. The predicted octanol–water partition coefficient (Wildman–Crippen LogP) is 20.8. The molecule has 0 fully saturated rings. The molecule has 0 amide bonds. The molecular formula is C63H122O6. The third kappa shape index (κ3) is 55.6. The Labute approximate surface area is 431 Å². The Morgan fingerprint density at radius 2 is 0.551 bits per heavy atom. The number of carbonyl (C=O) groups excluding carboxylic acids is 3. The van der Waals surface area contributed by atoms with Gasteiger partial charge in [-0.3, -0.25) is 14.4 Å². The van der Waals surface area contributed by atoms with E-state index >= 15 is 0 Å². The molecule has 0 saturated heterocycles. The van der Waals surface area contributed by atoms with Crippen LogP contribution in [0, 0.1) is 11.8 Å². The lowest BCUT2D eigenvalue weighted by molar-refractivity contribution is -0.167. The van der Waals surface area contributed by atoms with Gasteiger partial charge in [0.05, 0.1) is 0 Å². The van der Waals surface area contributed by atoms with Crippen molar-refractivity contribution >= 4 is 17.9 Å². The van der Waals surface area contributed by atoms with E-state index in [1.807, 2.05) is 0 Å². The zero-order valence-corrected chi connectivity index (χ0v) is 47.5. The van der Waals surface area contributed by atoms with Crippen LogP contribution in [0.15, 0.2) is 0 Å². The molecule has 0 aromatic carbocycles. The lowest BCUT2D eigenvalue weighted by Crippen LogP contribution is -2.30. The van der Waals surface area contributed by atoms with Crippen LogP contribution in [-0.2, 0) is 28.6 Å². The minimum atomic E-state index is -0.764. The molecule has 2 atom stereocenters. The van der Waals surface area contributed by atoms with Gasteiger partial charge in [-0.1, -0.05) is 317 Å². The molecule has 69 heavy (non-hydrogen) atoms. The van der Waals surface area contributed by atoms with Crippen molar-refractivity contribution in [3.05, 3.63) is 0 Å². The highest BCUT2D eigenvalue weighted by Crippen LogP contribution is 2.19. The number of hydrogen-bond acceptors (Lipinski definition) is 6. The number of unbranched alkanes of at least 4 members (excludes halogenated alkanes) is 41. The number of hydrogen-bond donors (Lipinski definition) is 0. The SMILES string of the molecule is CCCCCCCCCCCCCCCCCCCCC(=O)OC[C@H](COC(=O)CCCCCCCCCCCCC(C)CC)OC(=O)CCCCCCCCCCCCCCCCCCC(C)C. The van der Waals surface area contributed by atoms with Crippen molar-refractivity contribution < 1.29 is 28.6 Å². The normalized spacial score (nSPS) is 12.4. The summed E-state index contributed by atoms with van der Waals surface area (Å²) in [6.07, 6.45) is 60.9. The third-order valence-corrected chi connectivity index (χ3v) is 14.8. The van der Waals surface area contributed by atoms with Gasteiger partial charge in [0, 0.05) is 19.3 Å². The molecule has 0 aliphatic rings. The molecule has 0 aliphatic carbocycles. The quantitative estimate of drug-likeness (QED) is 0.0343. The minimum Gasteiger partial charge on any atom is -0.462 e. The van der Waals surface area contributed by atoms with Crippen molar-refractivity contribution in [3.8, 4) is 0 Å². The van der Waals surface area contributed by atoms with Crippen molar-refractivity contribution in [2.24, 2.45) is 11.8 Å². The molecule has 6 heteroatoms. The molecule has 0 heterocycles. The largest absolute Gasteiger partial charge is 0.462 e. The summed E-state index contributed by atoms with van der Waals surface area (Å²) in [7, 11) is 0. The number of carbonyl (C=O) groups is 3. The van der Waals surface area contributed by atoms with E-state index in [0.29, 0.717) is 19.3 Å². The smallest absolute Gasteiger partial charge is 0.306 e. The summed E-state index contributed by atoms with van der Waals surface area (Å²) in [5.74, 6) is 0.887. The van der Waals surface area contributed by atoms with Gasteiger partial charge in [0.25, 0.3) is 0 Å². The van der Waals surface area contributed by atoms with Gasteiger partial charge in [-0.25, -0.2) is 0 Å². The summed E-state index contributed by atoms with van der Waals surface area (Å²) < 4.78 is 16.9. The van der Waals surface area contributed by atoms with E-state index in [2.05, 4.69) is 34.6 Å². The summed E-state index contributed by atoms with van der Waals surface area (Å²) in [6.45, 7) is 11.5. The van der Waals surface area contributed by atoms with E-state index in [-0.39, 0.29) is 31.1 Å². The van der Waals surface area contributed by atoms with Crippen LogP contribution >= 0.6 is 0 Å². The number of esters is 3. The zero-order chi connectivity index (χ0) is 50.4. The predicted molar refractivity (Wildman–Crippen MR) is 298 cm³/mol. The van der Waals surface area contributed by atoms with E-state index in [9.17, 15) is 14.4 Å². The maximum atomic E-state index is 12.9. The average molecular weight is 976 g/mol. The fourth-order valence-electron chi connectivity index (χ4n) is 9.73. The van der Waals surface area contributed by atoms with Crippen LogP contribution in [0.2, 0.25) is 0 Å². The average Bonchev–Trinajstić information content (AvgIpc) is 3.34. The topological polar surface area (TPSA) is 78.9 Å². The van der Waals surface area contributed by atoms with Gasteiger partial charge in [0.1, 0.15) is 13.2 Å². The van der Waals surface area contributed by atoms with E-state index in [1.165, 1.54) is 244 Å². The van der Waals surface area contributed by atoms with Crippen LogP contribution in [0.5, 0.6) is 0 Å². The van der Waals surface area contributed by atoms with E-state index in [1.54, 1.807) is 0 Å². The summed E-state index contributed by atoms with van der Waals surface area (Å²) in [5.41, 5.74) is 0. The lowest BCUT2D eigenvalue weighted by atomic mass is 9.99. The molecule has 0 aliphatic heterocycles. The first-order valence-corrected chi connectivity index (χ1v) is 31.3. The van der Waals surface area contributed by atoms with Gasteiger partial charge in [-0.05, 0) is 31.1 Å². The second-order valence-corrected chi connectivity index (χ2v) is 22.4. The molecule has 0 bridgehead atoms.